The molecule has 2 aromatic carbocycles. The van der Waals surface area contributed by atoms with Gasteiger partial charge >= 0.3 is 67.6 Å². The molecule has 18 atom stereocenters. The second-order valence-corrected chi connectivity index (χ2v) is 49.0. The number of hydrogen-bond donors (Lipinski definition) is 3. The molecule has 2 aliphatic heterocycles. The molecule has 6 aliphatic carbocycles. The van der Waals surface area contributed by atoms with E-state index in [0.29, 0.717) is 35.1 Å². The van der Waals surface area contributed by atoms with E-state index in [2.05, 4.69) is 94.7 Å². The predicted molar refractivity (Wildman–Crippen MR) is 479 cm³/mol. The van der Waals surface area contributed by atoms with Crippen molar-refractivity contribution in [2.24, 2.45) is 45.3 Å². The number of carbonyl (C=O) groups excluding carboxylic acids is 7. The first-order valence-corrected chi connectivity index (χ1v) is 51.1. The number of benzene rings is 2. The van der Waals surface area contributed by atoms with Gasteiger partial charge < -0.3 is 73.8 Å². The molecule has 4 bridgehead atoms. The van der Waals surface area contributed by atoms with Crippen molar-refractivity contribution in [2.45, 2.75) is 379 Å². The molecular weight excluding hydrogens is 1580 g/mol. The molecule has 10 rings (SSSR count). The van der Waals surface area contributed by atoms with Crippen molar-refractivity contribution >= 4 is 66.4 Å². The standard InChI is InChI=1S/C36H52O9Si.C36H51O9Si.C7H18OSi.C4H10.C4H9.C3H6O2.C2H6.2CH4.FH.2Li.H2/c2*1-10-46(11-2,12-3)45-26-18-27-35(20-42-27,44-23(6)37)29-31(43-32(40)24-16-14-13-15-17-24)36(41)19-25(38)21(4)28(33(36,7)8)22(5)30(39)34(26,29)9;1-5-9(6-2,7-3)8-4;2*1-3-4-2;1-3(4)5-2;1-2;;;;;;/h13-17,22,25-27,29,31,38,41H,10-12,18-20H2,1-9H3;13-17,22,25-27,29,31,41H,10-12,18-20H2,1-9H3;5-7H2,1-4H3;3-4H2,1-2H3;1,3-4H2,2H3;1-2H3;1-2H3;2*1H4;1H;;;1H/q;-1;;;-1;;;;;;2*+1;/t2*22-,25+,26+,27-,29+,31+,34-,35+,36-;;;;;;;;;;;/m11.........../s1/i;;;;;;;;;;;;1+2. The molecule has 8 aliphatic rings. The van der Waals surface area contributed by atoms with Crippen LogP contribution >= 0.6 is 0 Å². The monoisotopic (exact) mass is 1750 g/mol. The average Bonchev–Trinajstić information content (AvgIpc) is 0.672. The van der Waals surface area contributed by atoms with Crippen LogP contribution in [0.3, 0.4) is 0 Å². The van der Waals surface area contributed by atoms with Gasteiger partial charge in [-0.05, 0) is 124 Å². The third-order valence-electron chi connectivity index (χ3n) is 28.6. The summed E-state index contributed by atoms with van der Waals surface area (Å²) in [5.74, 6) is -6.67. The fourth-order valence-corrected chi connectivity index (χ4v) is 28.6. The molecule has 686 valence electrons. The number of aliphatic hydroxyl groups excluding tert-OH is 1. The Hall–Kier alpha value is -3.97. The van der Waals surface area contributed by atoms with Crippen molar-refractivity contribution in [3.63, 3.8) is 0 Å². The van der Waals surface area contributed by atoms with Gasteiger partial charge in [0.15, 0.2) is 36.2 Å². The zero-order valence-corrected chi connectivity index (χ0v) is 81.9. The van der Waals surface area contributed by atoms with Gasteiger partial charge in [0.25, 0.3) is 0 Å². The Morgan fingerprint density at radius 1 is 0.529 bits per heavy atom. The Morgan fingerprint density at radius 3 is 1.07 bits per heavy atom. The number of fused-ring (bicyclic) bond motifs is 10. The summed E-state index contributed by atoms with van der Waals surface area (Å²) in [6.07, 6.45) is -2.70. The first-order chi connectivity index (χ1) is 54.3. The van der Waals surface area contributed by atoms with Gasteiger partial charge in [0.2, 0.25) is 0 Å². The van der Waals surface area contributed by atoms with Crippen LogP contribution < -0.4 is 42.8 Å². The Bertz CT molecular complexity index is 3410. The molecule has 3 N–H and O–H groups in total. The van der Waals surface area contributed by atoms with Gasteiger partial charge in [0, 0.05) is 71.2 Å². The average molecular weight is 1750 g/mol. The smallest absolute Gasteiger partial charge is 0.849 e. The summed E-state index contributed by atoms with van der Waals surface area (Å²) in [5.41, 5.74) is -8.69. The molecule has 2 aromatic rings. The van der Waals surface area contributed by atoms with Gasteiger partial charge in [-0.2, -0.15) is 6.42 Å². The maximum atomic E-state index is 15.4. The van der Waals surface area contributed by atoms with Crippen molar-refractivity contribution in [3.05, 3.63) is 101 Å². The van der Waals surface area contributed by atoms with Gasteiger partial charge in [0.05, 0.1) is 72.4 Å². The molecule has 0 amide bonds. The maximum Gasteiger partial charge on any atom is 1.00 e. The molecule has 4 saturated carbocycles. The zero-order valence-electron chi connectivity index (χ0n) is 78.9. The van der Waals surface area contributed by atoms with E-state index in [9.17, 15) is 44.4 Å². The first-order valence-electron chi connectivity index (χ1n) is 43.5. The van der Waals surface area contributed by atoms with E-state index in [1.807, 2.05) is 83.3 Å². The number of rotatable bonds is 22. The van der Waals surface area contributed by atoms with Crippen molar-refractivity contribution in [1.29, 1.82) is 0 Å². The number of methoxy groups -OCH3 is 1. The summed E-state index contributed by atoms with van der Waals surface area (Å²) in [6.45, 7) is 55.7. The van der Waals surface area contributed by atoms with E-state index >= 15 is 9.59 Å². The van der Waals surface area contributed by atoms with Gasteiger partial charge in [-0.15, -0.1) is 6.10 Å². The van der Waals surface area contributed by atoms with E-state index < -0.39 is 165 Å². The second kappa shape index (κ2) is 49.5. The van der Waals surface area contributed by atoms with Crippen LogP contribution in [-0.2, 0) is 70.4 Å². The maximum absolute atomic E-state index is 15.4. The van der Waals surface area contributed by atoms with Crippen LogP contribution in [0.25, 0.3) is 0 Å². The first kappa shape index (κ1) is 119. The Labute approximate surface area is 758 Å². The molecule has 0 radical (unpaired) electrons. The van der Waals surface area contributed by atoms with Gasteiger partial charge in [-0.1, -0.05) is 220 Å². The number of ether oxygens (including phenoxy) is 7. The fourth-order valence-electron chi connectivity index (χ4n) is 20.4. The van der Waals surface area contributed by atoms with Gasteiger partial charge in [0.1, 0.15) is 47.2 Å². The summed E-state index contributed by atoms with van der Waals surface area (Å²) < 4.78 is 61.7. The van der Waals surface area contributed by atoms with E-state index in [-0.39, 0.29) is 113 Å². The van der Waals surface area contributed by atoms with Crippen LogP contribution in [0.5, 0.6) is 0 Å². The van der Waals surface area contributed by atoms with Crippen LogP contribution in [0.15, 0.2) is 83.0 Å². The number of Topliss-reactive ketones (excluding diaryl/α,β-unsaturated/α-hetero) is 2. The minimum atomic E-state index is -2.35. The molecular formula is C94H163FLi2O21Si3. The predicted octanol–water partition coefficient (Wildman–Crippen LogP) is 13.1. The second-order valence-electron chi connectivity index (χ2n) is 34.6. The zero-order chi connectivity index (χ0) is 88.5. The third-order valence-corrected chi connectivity index (χ3v) is 42.6. The summed E-state index contributed by atoms with van der Waals surface area (Å²) >= 11 is 0. The van der Waals surface area contributed by atoms with Crippen molar-refractivity contribution in [3.8, 4) is 0 Å². The van der Waals surface area contributed by atoms with Gasteiger partial charge in [-0.3, -0.25) is 28.7 Å². The summed E-state index contributed by atoms with van der Waals surface area (Å²) in [6, 6.07) is 25.8. The molecule has 121 heavy (non-hydrogen) atoms. The topological polar surface area (TPSA) is 296 Å². The molecule has 0 unspecified atom stereocenters. The van der Waals surface area contributed by atoms with Crippen LogP contribution in [0, 0.1) is 52.3 Å². The van der Waals surface area contributed by atoms with Crippen molar-refractivity contribution in [1.82, 2.24) is 0 Å². The normalized spacial score (nSPS) is 31.0. The van der Waals surface area contributed by atoms with Crippen LogP contribution in [0.2, 0.25) is 54.4 Å². The quantitative estimate of drug-likeness (QED) is 0.0324. The molecule has 2 saturated heterocycles. The van der Waals surface area contributed by atoms with Crippen LogP contribution in [-0.4, -0.2) is 180 Å². The molecule has 21 nitrogen and oxygen atoms in total. The molecule has 2 heterocycles. The van der Waals surface area contributed by atoms with E-state index in [1.165, 1.54) is 65.3 Å². The van der Waals surface area contributed by atoms with E-state index in [1.54, 1.807) is 67.6 Å². The molecule has 0 aromatic heterocycles. The molecule has 6 fully saturated rings. The number of aliphatic hydroxyl groups is 3. The Balaban J connectivity index is -0.00000176. The minimum absolute atomic E-state index is 0. The number of ketones is 2. The van der Waals surface area contributed by atoms with E-state index in [4.69, 9.17) is 41.7 Å². The summed E-state index contributed by atoms with van der Waals surface area (Å²) in [4.78, 5) is 94.1. The number of esters is 5. The van der Waals surface area contributed by atoms with Crippen molar-refractivity contribution in [2.75, 3.05) is 27.4 Å². The SMILES string of the molecule is C.C.CC.CCCC.CC[Si](CC)(CC)OC.CC[Si](CC)(CC)O[C@H]1C[C@H]2OC[C@@]2(OC(C)=O)[C@H]2[C@H](OC(=O)c3ccccc3)[C@]3(O)C[C@H](O)C(C)=C([C@@H](C)C(=O)[C@]12C)C3(C)C.CC[Si](CC)(CC)O[C@H]1C[C@H]2OC[C@@]2(OC(C)=O)[C@H]2[C@H](OC(=O)c3ccccc3)[C@]3(O)C[C@H]([O-])C(C)=C([C@@H](C)C(=O)[C@]12C)C3(C)C.COC(C)=O.F.[3HH].[CH2-]CCC.[Li+].[Li+]. The van der Waals surface area contributed by atoms with Crippen LogP contribution in [0.1, 0.15) is 275 Å². The summed E-state index contributed by atoms with van der Waals surface area (Å²) in [7, 11) is -2.66. The fraction of sp³-hybridized carbons (Fsp3) is 0.745. The van der Waals surface area contributed by atoms with E-state index in [0.717, 1.165) is 42.7 Å². The largest absolute Gasteiger partial charge is 1.00 e. The van der Waals surface area contributed by atoms with Crippen molar-refractivity contribution < 1.29 is 144 Å². The Kier molecular flexibility index (Phi) is 48.8. The number of hydrogen-bond acceptors (Lipinski definition) is 21. The number of carbonyl (C=O) groups is 7. The molecule has 27 heteroatoms. The van der Waals surface area contributed by atoms with Crippen LogP contribution in [0.4, 0.5) is 4.70 Å². The third kappa shape index (κ3) is 23.4. The number of unbranched alkanes of at least 4 members (excludes halogenated alkanes) is 2. The molecule has 0 spiro atoms. The Morgan fingerprint density at radius 2 is 0.826 bits per heavy atom. The number of halogens is 1. The minimum Gasteiger partial charge on any atom is -0.849 e. The van der Waals surface area contributed by atoms with Gasteiger partial charge in [-0.25, -0.2) is 9.59 Å². The summed E-state index contributed by atoms with van der Waals surface area (Å²) in [5, 5.41) is 51.6.